The normalized spacial score (nSPS) is 11.0. The van der Waals surface area contributed by atoms with Crippen molar-refractivity contribution in [1.82, 2.24) is 0 Å². The molecule has 0 heterocycles. The van der Waals surface area contributed by atoms with Crippen LogP contribution in [0.5, 0.6) is 5.75 Å². The lowest BCUT2D eigenvalue weighted by Crippen LogP contribution is -2.15. The Hall–Kier alpha value is -3.36. The van der Waals surface area contributed by atoms with Crippen molar-refractivity contribution in [3.8, 4) is 5.75 Å². The molecule has 3 rings (SSSR count). The zero-order valence-electron chi connectivity index (χ0n) is 17.9. The fourth-order valence-electron chi connectivity index (χ4n) is 3.01. The minimum atomic E-state index is -3.88. The third-order valence-corrected chi connectivity index (χ3v) is 6.19. The van der Waals surface area contributed by atoms with E-state index >= 15 is 0 Å². The molecule has 0 aliphatic rings. The quantitative estimate of drug-likeness (QED) is 0.386. The number of hydrogen-bond donors (Lipinski definition) is 2. The molecule has 0 atom stereocenters. The summed E-state index contributed by atoms with van der Waals surface area (Å²) >= 11 is 5.90. The minimum Gasteiger partial charge on any atom is -0.494 e. The molecule has 3 aromatic carbocycles. The van der Waals surface area contributed by atoms with E-state index in [0.29, 0.717) is 34.3 Å². The van der Waals surface area contributed by atoms with E-state index in [-0.39, 0.29) is 23.5 Å². The molecule has 7 nitrogen and oxygen atoms in total. The van der Waals surface area contributed by atoms with Crippen LogP contribution in [0.15, 0.2) is 77.7 Å². The number of carbonyl (C=O) groups is 2. The van der Waals surface area contributed by atoms with Crippen LogP contribution in [0.4, 0.5) is 11.4 Å². The second-order valence-corrected chi connectivity index (χ2v) is 9.19. The second kappa shape index (κ2) is 11.0. The standard InChI is InChI=1S/C24H23ClN2O5S/c1-2-32-21-11-9-17(10-12-21)23(28)13-14-24(29)26-19-6-4-8-22(16-19)33(30,31)27-20-7-3-5-18(25)15-20/h3-12,15-16,27H,2,13-14H2,1H3,(H,26,29). The van der Waals surface area contributed by atoms with Crippen LogP contribution < -0.4 is 14.8 Å². The number of amides is 1. The number of ketones is 1. The van der Waals surface area contributed by atoms with Gasteiger partial charge in [-0.15, -0.1) is 0 Å². The monoisotopic (exact) mass is 486 g/mol. The van der Waals surface area contributed by atoms with Gasteiger partial charge in [0.1, 0.15) is 5.75 Å². The zero-order chi connectivity index (χ0) is 23.8. The van der Waals surface area contributed by atoms with Crippen molar-refractivity contribution in [2.24, 2.45) is 0 Å². The highest BCUT2D eigenvalue weighted by molar-refractivity contribution is 7.92. The maximum atomic E-state index is 12.7. The number of Topliss-reactive ketones (excluding diaryl/α,β-unsaturated/α-hetero) is 1. The summed E-state index contributed by atoms with van der Waals surface area (Å²) < 4.78 is 33.1. The third-order valence-electron chi connectivity index (χ3n) is 4.57. The summed E-state index contributed by atoms with van der Waals surface area (Å²) in [7, 11) is -3.88. The van der Waals surface area contributed by atoms with Gasteiger partial charge in [-0.1, -0.05) is 23.7 Å². The third kappa shape index (κ3) is 7.06. The van der Waals surface area contributed by atoms with Crippen molar-refractivity contribution in [2.45, 2.75) is 24.7 Å². The topological polar surface area (TPSA) is 102 Å². The number of benzene rings is 3. The van der Waals surface area contributed by atoms with E-state index < -0.39 is 15.9 Å². The zero-order valence-corrected chi connectivity index (χ0v) is 19.4. The largest absolute Gasteiger partial charge is 0.494 e. The first-order chi connectivity index (χ1) is 15.8. The lowest BCUT2D eigenvalue weighted by atomic mass is 10.1. The fourth-order valence-corrected chi connectivity index (χ4v) is 4.29. The van der Waals surface area contributed by atoms with E-state index in [1.807, 2.05) is 6.92 Å². The highest BCUT2D eigenvalue weighted by Crippen LogP contribution is 2.22. The lowest BCUT2D eigenvalue weighted by Gasteiger charge is -2.10. The van der Waals surface area contributed by atoms with Gasteiger partial charge in [-0.2, -0.15) is 0 Å². The van der Waals surface area contributed by atoms with Gasteiger partial charge in [-0.05, 0) is 67.6 Å². The van der Waals surface area contributed by atoms with Gasteiger partial charge in [0.15, 0.2) is 5.78 Å². The molecule has 0 aliphatic heterocycles. The van der Waals surface area contributed by atoms with Crippen molar-refractivity contribution in [1.29, 1.82) is 0 Å². The van der Waals surface area contributed by atoms with Crippen LogP contribution in [-0.2, 0) is 14.8 Å². The molecule has 0 fully saturated rings. The second-order valence-electron chi connectivity index (χ2n) is 7.07. The predicted octanol–water partition coefficient (Wildman–Crippen LogP) is 5.14. The molecule has 0 aliphatic carbocycles. The van der Waals surface area contributed by atoms with Crippen LogP contribution in [0.3, 0.4) is 0 Å². The maximum absolute atomic E-state index is 12.7. The Balaban J connectivity index is 1.59. The molecule has 9 heteroatoms. The number of halogens is 1. The van der Waals surface area contributed by atoms with Gasteiger partial charge in [0.25, 0.3) is 10.0 Å². The predicted molar refractivity (Wildman–Crippen MR) is 129 cm³/mol. The molecular formula is C24H23ClN2O5S. The first-order valence-electron chi connectivity index (χ1n) is 10.2. The maximum Gasteiger partial charge on any atom is 0.261 e. The summed E-state index contributed by atoms with van der Waals surface area (Å²) in [6, 6.07) is 18.9. The van der Waals surface area contributed by atoms with Crippen LogP contribution in [0.2, 0.25) is 5.02 Å². The van der Waals surface area contributed by atoms with E-state index in [9.17, 15) is 18.0 Å². The van der Waals surface area contributed by atoms with E-state index in [0.717, 1.165) is 0 Å². The number of nitrogens with one attached hydrogen (secondary N) is 2. The Kier molecular flexibility index (Phi) is 8.08. The summed E-state index contributed by atoms with van der Waals surface area (Å²) in [5, 5.41) is 3.03. The van der Waals surface area contributed by atoms with Gasteiger partial charge < -0.3 is 10.1 Å². The molecule has 0 spiro atoms. The van der Waals surface area contributed by atoms with E-state index in [1.165, 1.54) is 24.3 Å². The molecule has 0 radical (unpaired) electrons. The van der Waals surface area contributed by atoms with Gasteiger partial charge in [-0.3, -0.25) is 14.3 Å². The highest BCUT2D eigenvalue weighted by atomic mass is 35.5. The first kappa shape index (κ1) is 24.3. The molecule has 172 valence electrons. The summed E-state index contributed by atoms with van der Waals surface area (Å²) in [6.45, 7) is 2.41. The van der Waals surface area contributed by atoms with Crippen LogP contribution in [0.1, 0.15) is 30.1 Å². The molecule has 1 amide bonds. The highest BCUT2D eigenvalue weighted by Gasteiger charge is 2.16. The fraction of sp³-hybridized carbons (Fsp3) is 0.167. The van der Waals surface area contributed by atoms with Gasteiger partial charge in [0.05, 0.1) is 17.2 Å². The van der Waals surface area contributed by atoms with Crippen molar-refractivity contribution in [3.05, 3.63) is 83.4 Å². The van der Waals surface area contributed by atoms with Crippen molar-refractivity contribution in [3.63, 3.8) is 0 Å². The van der Waals surface area contributed by atoms with Gasteiger partial charge in [-0.25, -0.2) is 8.42 Å². The number of carbonyl (C=O) groups excluding carboxylic acids is 2. The Morgan fingerprint density at radius 3 is 2.30 bits per heavy atom. The van der Waals surface area contributed by atoms with E-state index in [4.69, 9.17) is 16.3 Å². The van der Waals surface area contributed by atoms with Crippen molar-refractivity contribution < 1.29 is 22.7 Å². The minimum absolute atomic E-state index is 0.0220. The number of ether oxygens (including phenoxy) is 1. The number of anilines is 2. The average molecular weight is 487 g/mol. The summed E-state index contributed by atoms with van der Waals surface area (Å²) in [4.78, 5) is 24.6. The molecule has 0 saturated heterocycles. The molecule has 0 aromatic heterocycles. The van der Waals surface area contributed by atoms with Crippen LogP contribution >= 0.6 is 11.6 Å². The molecule has 0 saturated carbocycles. The Morgan fingerprint density at radius 2 is 1.61 bits per heavy atom. The Labute approximate surface area is 197 Å². The molecule has 0 unspecified atom stereocenters. The van der Waals surface area contributed by atoms with E-state index in [2.05, 4.69) is 10.0 Å². The van der Waals surface area contributed by atoms with Crippen LogP contribution in [0.25, 0.3) is 0 Å². The summed E-state index contributed by atoms with van der Waals surface area (Å²) in [5.74, 6) is 0.105. The van der Waals surface area contributed by atoms with E-state index in [1.54, 1.807) is 48.5 Å². The molecule has 33 heavy (non-hydrogen) atoms. The summed E-state index contributed by atoms with van der Waals surface area (Å²) in [6.07, 6.45) is -0.0160. The SMILES string of the molecule is CCOc1ccc(C(=O)CCC(=O)Nc2cccc(S(=O)(=O)Nc3cccc(Cl)c3)c2)cc1. The van der Waals surface area contributed by atoms with Crippen molar-refractivity contribution >= 4 is 44.7 Å². The van der Waals surface area contributed by atoms with Crippen LogP contribution in [0, 0.1) is 0 Å². The average Bonchev–Trinajstić information content (AvgIpc) is 2.78. The summed E-state index contributed by atoms with van der Waals surface area (Å²) in [5.41, 5.74) is 1.12. The molecular weight excluding hydrogens is 464 g/mol. The first-order valence-corrected chi connectivity index (χ1v) is 12.1. The Morgan fingerprint density at radius 1 is 0.909 bits per heavy atom. The Bertz CT molecular complexity index is 1240. The molecule has 0 bridgehead atoms. The lowest BCUT2D eigenvalue weighted by molar-refractivity contribution is -0.116. The molecule has 3 aromatic rings. The van der Waals surface area contributed by atoms with Crippen molar-refractivity contribution in [2.75, 3.05) is 16.6 Å². The van der Waals surface area contributed by atoms with Gasteiger partial charge >= 0.3 is 0 Å². The van der Waals surface area contributed by atoms with Gasteiger partial charge in [0.2, 0.25) is 5.91 Å². The molecule has 2 N–H and O–H groups in total. The number of sulfonamides is 1. The number of hydrogen-bond acceptors (Lipinski definition) is 5. The smallest absolute Gasteiger partial charge is 0.261 e. The number of rotatable bonds is 10. The van der Waals surface area contributed by atoms with Gasteiger partial charge in [0, 0.05) is 29.1 Å². The van der Waals surface area contributed by atoms with Crippen LogP contribution in [-0.4, -0.2) is 26.7 Å².